The molecular weight excluding hydrogens is 424 g/mol. The molecule has 32 heavy (non-hydrogen) atoms. The maximum absolute atomic E-state index is 13.0. The van der Waals surface area contributed by atoms with Crippen LogP contribution in [0.3, 0.4) is 0 Å². The molecule has 0 radical (unpaired) electrons. The van der Waals surface area contributed by atoms with E-state index >= 15 is 0 Å². The van der Waals surface area contributed by atoms with E-state index in [1.54, 1.807) is 10.7 Å². The summed E-state index contributed by atoms with van der Waals surface area (Å²) in [6, 6.07) is 19.7. The first-order chi connectivity index (χ1) is 15.3. The van der Waals surface area contributed by atoms with Gasteiger partial charge in [0.1, 0.15) is 5.82 Å². The fourth-order valence-electron chi connectivity index (χ4n) is 4.01. The van der Waals surface area contributed by atoms with Crippen LogP contribution in [0.5, 0.6) is 0 Å². The Hall–Kier alpha value is -3.13. The Morgan fingerprint density at radius 3 is 2.50 bits per heavy atom. The summed E-state index contributed by atoms with van der Waals surface area (Å²) in [5, 5.41) is 7.41. The zero-order valence-electron chi connectivity index (χ0n) is 18.4. The van der Waals surface area contributed by atoms with Gasteiger partial charge >= 0.3 is 0 Å². The Labute approximate surface area is 189 Å². The van der Waals surface area contributed by atoms with Crippen LogP contribution < -0.4 is 10.2 Å². The molecule has 4 rings (SSSR count). The summed E-state index contributed by atoms with van der Waals surface area (Å²) in [5.74, 6) is 0.574. The summed E-state index contributed by atoms with van der Waals surface area (Å²) >= 11 is 0. The van der Waals surface area contributed by atoms with Crippen LogP contribution in [-0.4, -0.2) is 42.2 Å². The van der Waals surface area contributed by atoms with Crippen molar-refractivity contribution in [1.82, 2.24) is 9.78 Å². The van der Waals surface area contributed by atoms with Gasteiger partial charge in [0.25, 0.3) is 0 Å². The van der Waals surface area contributed by atoms with E-state index in [-0.39, 0.29) is 30.0 Å². The number of hydrogen-bond acceptors (Lipinski definition) is 5. The Kier molecular flexibility index (Phi) is 6.32. The zero-order valence-corrected chi connectivity index (χ0v) is 19.2. The number of hydrogen-bond donors (Lipinski definition) is 1. The number of aromatic nitrogens is 2. The van der Waals surface area contributed by atoms with Crippen molar-refractivity contribution in [2.75, 3.05) is 28.3 Å². The number of sulfone groups is 1. The van der Waals surface area contributed by atoms with Crippen molar-refractivity contribution in [3.63, 3.8) is 0 Å². The third-order valence-corrected chi connectivity index (χ3v) is 7.38. The Bertz CT molecular complexity index is 1190. The van der Waals surface area contributed by atoms with Crippen molar-refractivity contribution < 1.29 is 13.2 Å². The molecule has 1 aliphatic heterocycles. The van der Waals surface area contributed by atoms with E-state index in [1.165, 1.54) is 0 Å². The monoisotopic (exact) mass is 452 g/mol. The van der Waals surface area contributed by atoms with Crippen molar-refractivity contribution in [2.45, 2.75) is 32.9 Å². The lowest BCUT2D eigenvalue weighted by molar-refractivity contribution is -0.115. The highest BCUT2D eigenvalue weighted by Gasteiger charge is 2.31. The largest absolute Gasteiger partial charge is 0.358 e. The first-order valence-corrected chi connectivity index (χ1v) is 12.5. The SMILES string of the molecule is Cc1ccc(N(CC(=O)Nc2cc(C)nn2C2CCS(=O)(=O)C2)Cc2ccccc2)cc1. The summed E-state index contributed by atoms with van der Waals surface area (Å²) < 4.78 is 25.5. The molecular formula is C24H28N4O3S. The van der Waals surface area contributed by atoms with Crippen molar-refractivity contribution in [2.24, 2.45) is 0 Å². The van der Waals surface area contributed by atoms with Crippen LogP contribution in [0.2, 0.25) is 0 Å². The number of anilines is 2. The minimum Gasteiger partial charge on any atom is -0.358 e. The number of benzene rings is 2. The summed E-state index contributed by atoms with van der Waals surface area (Å²) in [6.07, 6.45) is 0.510. The molecule has 1 aliphatic rings. The Balaban J connectivity index is 1.52. The highest BCUT2D eigenvalue weighted by Crippen LogP contribution is 2.27. The first-order valence-electron chi connectivity index (χ1n) is 10.7. The molecule has 0 saturated carbocycles. The van der Waals surface area contributed by atoms with Gasteiger partial charge in [-0.05, 0) is 38.0 Å². The van der Waals surface area contributed by atoms with Crippen molar-refractivity contribution in [3.05, 3.63) is 77.5 Å². The lowest BCUT2D eigenvalue weighted by Crippen LogP contribution is -2.33. The molecule has 1 unspecified atom stereocenters. The molecule has 3 aromatic rings. The van der Waals surface area contributed by atoms with Gasteiger partial charge < -0.3 is 10.2 Å². The summed E-state index contributed by atoms with van der Waals surface area (Å²) in [6.45, 7) is 4.62. The van der Waals surface area contributed by atoms with E-state index in [0.717, 1.165) is 22.5 Å². The summed E-state index contributed by atoms with van der Waals surface area (Å²) in [5.41, 5.74) is 3.96. The summed E-state index contributed by atoms with van der Waals surface area (Å²) in [7, 11) is -3.05. The number of carbonyl (C=O) groups excluding carboxylic acids is 1. The standard InChI is InChI=1S/C24H28N4O3S/c1-18-8-10-21(11-9-18)27(15-20-6-4-3-5-7-20)16-24(29)25-23-14-19(2)26-28(23)22-12-13-32(30,31)17-22/h3-11,14,22H,12-13,15-17H2,1-2H3,(H,25,29). The molecule has 2 aromatic carbocycles. The highest BCUT2D eigenvalue weighted by atomic mass is 32.2. The lowest BCUT2D eigenvalue weighted by atomic mass is 10.1. The van der Waals surface area contributed by atoms with Crippen molar-refractivity contribution >= 4 is 27.2 Å². The minimum atomic E-state index is -3.05. The van der Waals surface area contributed by atoms with E-state index in [9.17, 15) is 13.2 Å². The molecule has 1 amide bonds. The number of nitrogens with zero attached hydrogens (tertiary/aromatic N) is 3. The average Bonchev–Trinajstić information content (AvgIpc) is 3.30. The summed E-state index contributed by atoms with van der Waals surface area (Å²) in [4.78, 5) is 15.1. The molecule has 2 heterocycles. The zero-order chi connectivity index (χ0) is 22.7. The van der Waals surface area contributed by atoms with Crippen LogP contribution in [0.25, 0.3) is 0 Å². The van der Waals surface area contributed by atoms with Gasteiger partial charge in [0, 0.05) is 18.3 Å². The van der Waals surface area contributed by atoms with Gasteiger partial charge in [-0.1, -0.05) is 48.0 Å². The predicted octanol–water partition coefficient (Wildman–Crippen LogP) is 3.50. The van der Waals surface area contributed by atoms with E-state index in [0.29, 0.717) is 18.8 Å². The molecule has 0 bridgehead atoms. The van der Waals surface area contributed by atoms with Crippen molar-refractivity contribution in [3.8, 4) is 0 Å². The van der Waals surface area contributed by atoms with Gasteiger partial charge in [-0.25, -0.2) is 13.1 Å². The normalized spacial score (nSPS) is 17.2. The third-order valence-electron chi connectivity index (χ3n) is 5.63. The van der Waals surface area contributed by atoms with E-state index in [4.69, 9.17) is 0 Å². The number of rotatable bonds is 7. The maximum atomic E-state index is 13.0. The molecule has 1 N–H and O–H groups in total. The van der Waals surface area contributed by atoms with E-state index in [1.807, 2.05) is 73.3 Å². The lowest BCUT2D eigenvalue weighted by Gasteiger charge is -2.25. The van der Waals surface area contributed by atoms with Gasteiger partial charge in [0.15, 0.2) is 9.84 Å². The van der Waals surface area contributed by atoms with Crippen LogP contribution in [0.4, 0.5) is 11.5 Å². The molecule has 1 atom stereocenters. The molecule has 1 aromatic heterocycles. The highest BCUT2D eigenvalue weighted by molar-refractivity contribution is 7.91. The fraction of sp³-hybridized carbons (Fsp3) is 0.333. The molecule has 0 aliphatic carbocycles. The van der Waals surface area contributed by atoms with Gasteiger partial charge in [0.05, 0.1) is 29.8 Å². The number of nitrogens with one attached hydrogen (secondary N) is 1. The van der Waals surface area contributed by atoms with Gasteiger partial charge in [-0.3, -0.25) is 4.79 Å². The second-order valence-corrected chi connectivity index (χ2v) is 10.6. The van der Waals surface area contributed by atoms with Gasteiger partial charge in [-0.2, -0.15) is 5.10 Å². The van der Waals surface area contributed by atoms with Crippen molar-refractivity contribution in [1.29, 1.82) is 0 Å². The quantitative estimate of drug-likeness (QED) is 0.593. The van der Waals surface area contributed by atoms with E-state index < -0.39 is 9.84 Å². The fourth-order valence-corrected chi connectivity index (χ4v) is 5.70. The number of aryl methyl sites for hydroxylation is 2. The van der Waals surface area contributed by atoms with Crippen LogP contribution in [0.1, 0.15) is 29.3 Å². The first kappa shape index (κ1) is 22.1. The predicted molar refractivity (Wildman–Crippen MR) is 127 cm³/mol. The second-order valence-electron chi connectivity index (χ2n) is 8.40. The molecule has 8 heteroatoms. The van der Waals surface area contributed by atoms with Crippen LogP contribution >= 0.6 is 0 Å². The molecule has 1 fully saturated rings. The second kappa shape index (κ2) is 9.16. The van der Waals surface area contributed by atoms with Gasteiger partial charge in [-0.15, -0.1) is 0 Å². The Morgan fingerprint density at radius 1 is 1.12 bits per heavy atom. The Morgan fingerprint density at radius 2 is 1.84 bits per heavy atom. The molecule has 7 nitrogen and oxygen atoms in total. The number of amides is 1. The van der Waals surface area contributed by atoms with Crippen LogP contribution in [0.15, 0.2) is 60.7 Å². The molecule has 168 valence electrons. The minimum absolute atomic E-state index is 0.0560. The van der Waals surface area contributed by atoms with Gasteiger partial charge in [0.2, 0.25) is 5.91 Å². The molecule has 1 saturated heterocycles. The third kappa shape index (κ3) is 5.37. The smallest absolute Gasteiger partial charge is 0.245 e. The topological polar surface area (TPSA) is 84.3 Å². The average molecular weight is 453 g/mol. The maximum Gasteiger partial charge on any atom is 0.245 e. The van der Waals surface area contributed by atoms with Crippen LogP contribution in [0, 0.1) is 13.8 Å². The number of carbonyl (C=O) groups is 1. The van der Waals surface area contributed by atoms with Crippen LogP contribution in [-0.2, 0) is 21.2 Å². The van der Waals surface area contributed by atoms with E-state index in [2.05, 4.69) is 10.4 Å². The molecule has 0 spiro atoms.